The van der Waals surface area contributed by atoms with E-state index < -0.39 is 21.8 Å². The van der Waals surface area contributed by atoms with Crippen LogP contribution in [-0.2, 0) is 14.6 Å². The molecule has 3 rings (SSSR count). The molecule has 1 amide bonds. The molecule has 0 saturated heterocycles. The van der Waals surface area contributed by atoms with E-state index in [4.69, 9.17) is 4.74 Å². The molecular formula is C22H22N2O5S2. The Labute approximate surface area is 185 Å². The van der Waals surface area contributed by atoms with Gasteiger partial charge in [-0.25, -0.2) is 13.4 Å². The molecule has 0 radical (unpaired) electrons. The highest BCUT2D eigenvalue weighted by Gasteiger charge is 2.22. The molecule has 0 aliphatic heterocycles. The number of hydrogen-bond acceptors (Lipinski definition) is 7. The van der Waals surface area contributed by atoms with Crippen molar-refractivity contribution in [2.45, 2.75) is 17.9 Å². The molecule has 9 heteroatoms. The number of methoxy groups -OCH3 is 1. The standard InChI is InChI=1S/C22H22N2O5S2/c1-4-21(26)24(17-7-11-19(12-8-17)31(27,28)14-15(2)25)22-23-20(13-30-22)16-5-9-18(29-3)10-6-16/h4-13,15,25H,1,14H2,2-3H3. The lowest BCUT2D eigenvalue weighted by Crippen LogP contribution is -2.23. The van der Waals surface area contributed by atoms with Crippen LogP contribution in [0.15, 0.2) is 71.5 Å². The summed E-state index contributed by atoms with van der Waals surface area (Å²) in [5.74, 6) is -0.0391. The van der Waals surface area contributed by atoms with E-state index in [9.17, 15) is 18.3 Å². The third kappa shape index (κ3) is 5.19. The van der Waals surface area contributed by atoms with Crippen molar-refractivity contribution in [3.8, 4) is 17.0 Å². The average Bonchev–Trinajstić information content (AvgIpc) is 3.23. The summed E-state index contributed by atoms with van der Waals surface area (Å²) in [6.07, 6.45) is 0.197. The van der Waals surface area contributed by atoms with E-state index >= 15 is 0 Å². The first kappa shape index (κ1) is 22.7. The lowest BCUT2D eigenvalue weighted by atomic mass is 10.2. The Morgan fingerprint density at radius 3 is 2.42 bits per heavy atom. The van der Waals surface area contributed by atoms with E-state index in [-0.39, 0.29) is 10.6 Å². The zero-order chi connectivity index (χ0) is 22.6. The topological polar surface area (TPSA) is 96.8 Å². The van der Waals surface area contributed by atoms with E-state index in [1.165, 1.54) is 53.5 Å². The molecule has 2 aromatic carbocycles. The molecule has 0 spiro atoms. The monoisotopic (exact) mass is 458 g/mol. The number of carbonyl (C=O) groups excluding carboxylic acids is 1. The quantitative estimate of drug-likeness (QED) is 0.516. The molecule has 0 saturated carbocycles. The first-order chi connectivity index (χ1) is 14.7. The third-order valence-corrected chi connectivity index (χ3v) is 7.12. The van der Waals surface area contributed by atoms with Crippen LogP contribution >= 0.6 is 11.3 Å². The maximum atomic E-state index is 12.6. The fraction of sp³-hybridized carbons (Fsp3) is 0.182. The van der Waals surface area contributed by atoms with Crippen LogP contribution < -0.4 is 9.64 Å². The van der Waals surface area contributed by atoms with E-state index in [1.807, 2.05) is 29.6 Å². The number of thiazole rings is 1. The minimum absolute atomic E-state index is 0.0706. The number of carbonyl (C=O) groups is 1. The number of hydrogen-bond donors (Lipinski definition) is 1. The van der Waals surface area contributed by atoms with Gasteiger partial charge in [0.1, 0.15) is 5.75 Å². The van der Waals surface area contributed by atoms with Gasteiger partial charge in [-0.1, -0.05) is 6.58 Å². The normalized spacial score (nSPS) is 12.2. The minimum atomic E-state index is -3.63. The van der Waals surface area contributed by atoms with Gasteiger partial charge in [-0.05, 0) is 61.5 Å². The van der Waals surface area contributed by atoms with Crippen LogP contribution in [0.25, 0.3) is 11.3 Å². The molecule has 1 unspecified atom stereocenters. The van der Waals surface area contributed by atoms with Gasteiger partial charge in [0.2, 0.25) is 0 Å². The largest absolute Gasteiger partial charge is 0.497 e. The minimum Gasteiger partial charge on any atom is -0.497 e. The van der Waals surface area contributed by atoms with Crippen LogP contribution in [0.2, 0.25) is 0 Å². The van der Waals surface area contributed by atoms with Crippen LogP contribution in [0, 0.1) is 0 Å². The Hall–Kier alpha value is -3.01. The smallest absolute Gasteiger partial charge is 0.256 e. The molecule has 162 valence electrons. The molecule has 0 fully saturated rings. The van der Waals surface area contributed by atoms with Crippen molar-refractivity contribution in [2.75, 3.05) is 17.8 Å². The number of sulfone groups is 1. The average molecular weight is 459 g/mol. The van der Waals surface area contributed by atoms with Gasteiger partial charge in [-0.2, -0.15) is 0 Å². The van der Waals surface area contributed by atoms with Gasteiger partial charge < -0.3 is 9.84 Å². The van der Waals surface area contributed by atoms with Crippen molar-refractivity contribution in [1.29, 1.82) is 0 Å². The van der Waals surface area contributed by atoms with Crippen molar-refractivity contribution < 1.29 is 23.1 Å². The first-order valence-corrected chi connectivity index (χ1v) is 11.9. The molecule has 0 aliphatic rings. The number of benzene rings is 2. The fourth-order valence-electron chi connectivity index (χ4n) is 2.90. The number of ether oxygens (including phenoxy) is 1. The Kier molecular flexibility index (Phi) is 6.89. The summed E-state index contributed by atoms with van der Waals surface area (Å²) >= 11 is 1.28. The summed E-state index contributed by atoms with van der Waals surface area (Å²) in [7, 11) is -2.03. The molecule has 1 aromatic heterocycles. The lowest BCUT2D eigenvalue weighted by Gasteiger charge is -2.18. The molecule has 0 bridgehead atoms. The van der Waals surface area contributed by atoms with E-state index in [2.05, 4.69) is 11.6 Å². The summed E-state index contributed by atoms with van der Waals surface area (Å²) < 4.78 is 29.8. The molecule has 1 N–H and O–H groups in total. The molecule has 1 heterocycles. The summed E-state index contributed by atoms with van der Waals surface area (Å²) in [6, 6.07) is 13.3. The maximum absolute atomic E-state index is 12.6. The molecule has 1 atom stereocenters. The molecule has 7 nitrogen and oxygen atoms in total. The molecule has 0 aliphatic carbocycles. The summed E-state index contributed by atoms with van der Waals surface area (Å²) in [4.78, 5) is 18.6. The second-order valence-electron chi connectivity index (χ2n) is 6.75. The van der Waals surface area contributed by atoms with Crippen LogP contribution in [0.1, 0.15) is 6.92 Å². The summed E-state index contributed by atoms with van der Waals surface area (Å²) in [5, 5.41) is 11.7. The number of nitrogens with zero attached hydrogens (tertiary/aromatic N) is 2. The molecular weight excluding hydrogens is 436 g/mol. The Bertz CT molecular complexity index is 1170. The molecule has 31 heavy (non-hydrogen) atoms. The van der Waals surface area contributed by atoms with Gasteiger partial charge in [0.05, 0.1) is 35.2 Å². The third-order valence-electron chi connectivity index (χ3n) is 4.38. The van der Waals surface area contributed by atoms with Crippen molar-refractivity contribution in [2.24, 2.45) is 0 Å². The highest BCUT2D eigenvalue weighted by atomic mass is 32.2. The number of aliphatic hydroxyl groups is 1. The number of aromatic nitrogens is 1. The van der Waals surface area contributed by atoms with Gasteiger partial charge in [0, 0.05) is 10.9 Å². The number of amides is 1. The van der Waals surface area contributed by atoms with E-state index in [1.54, 1.807) is 7.11 Å². The molecule has 3 aromatic rings. The summed E-state index contributed by atoms with van der Waals surface area (Å²) in [5.41, 5.74) is 2.02. The highest BCUT2D eigenvalue weighted by Crippen LogP contribution is 2.33. The van der Waals surface area contributed by atoms with Gasteiger partial charge in [-0.3, -0.25) is 9.69 Å². The predicted molar refractivity (Wildman–Crippen MR) is 122 cm³/mol. The van der Waals surface area contributed by atoms with Gasteiger partial charge in [0.25, 0.3) is 5.91 Å². The number of aliphatic hydroxyl groups excluding tert-OH is 1. The van der Waals surface area contributed by atoms with Crippen molar-refractivity contribution >= 4 is 37.9 Å². The second-order valence-corrected chi connectivity index (χ2v) is 9.62. The first-order valence-electron chi connectivity index (χ1n) is 9.32. The van der Waals surface area contributed by atoms with Crippen LogP contribution in [0.4, 0.5) is 10.8 Å². The van der Waals surface area contributed by atoms with Crippen LogP contribution in [0.3, 0.4) is 0 Å². The Morgan fingerprint density at radius 2 is 1.87 bits per heavy atom. The SMILES string of the molecule is C=CC(=O)N(c1ccc(S(=O)(=O)CC(C)O)cc1)c1nc(-c2ccc(OC)cc2)cs1. The van der Waals surface area contributed by atoms with Gasteiger partial charge >= 0.3 is 0 Å². The van der Waals surface area contributed by atoms with Crippen molar-refractivity contribution in [3.63, 3.8) is 0 Å². The fourth-order valence-corrected chi connectivity index (χ4v) is 5.14. The second kappa shape index (κ2) is 9.42. The number of anilines is 2. The van der Waals surface area contributed by atoms with Gasteiger partial charge in [0.15, 0.2) is 15.0 Å². The van der Waals surface area contributed by atoms with Crippen molar-refractivity contribution in [1.82, 2.24) is 4.98 Å². The Morgan fingerprint density at radius 1 is 1.23 bits per heavy atom. The zero-order valence-electron chi connectivity index (χ0n) is 17.1. The number of rotatable bonds is 8. The lowest BCUT2D eigenvalue weighted by molar-refractivity contribution is -0.113. The van der Waals surface area contributed by atoms with E-state index in [0.717, 1.165) is 11.3 Å². The van der Waals surface area contributed by atoms with E-state index in [0.29, 0.717) is 16.5 Å². The van der Waals surface area contributed by atoms with Gasteiger partial charge in [-0.15, -0.1) is 11.3 Å². The zero-order valence-corrected chi connectivity index (χ0v) is 18.7. The summed E-state index contributed by atoms with van der Waals surface area (Å²) in [6.45, 7) is 4.97. The van der Waals surface area contributed by atoms with Crippen LogP contribution in [0.5, 0.6) is 5.75 Å². The van der Waals surface area contributed by atoms with Crippen molar-refractivity contribution in [3.05, 3.63) is 66.6 Å². The maximum Gasteiger partial charge on any atom is 0.256 e. The predicted octanol–water partition coefficient (Wildman–Crippen LogP) is 3.82. The highest BCUT2D eigenvalue weighted by molar-refractivity contribution is 7.91. The Balaban J connectivity index is 1.93. The van der Waals surface area contributed by atoms with Crippen LogP contribution in [-0.4, -0.2) is 43.4 Å².